The third-order valence-electron chi connectivity index (χ3n) is 4.76. The number of nitrogens with zero attached hydrogens (tertiary/aromatic N) is 1. The molecule has 1 heterocycles. The maximum absolute atomic E-state index is 12.4. The number of carbonyl (C=O) groups excluding carboxylic acids is 1. The van der Waals surface area contributed by atoms with Gasteiger partial charge in [-0.1, -0.05) is 32.0 Å². The van der Waals surface area contributed by atoms with E-state index in [0.29, 0.717) is 17.5 Å². The molecule has 0 unspecified atom stereocenters. The molecular weight excluding hydrogens is 250 g/mol. The van der Waals surface area contributed by atoms with Crippen LogP contribution in [0.4, 0.5) is 0 Å². The van der Waals surface area contributed by atoms with E-state index in [2.05, 4.69) is 32.7 Å². The third-order valence-corrected chi connectivity index (χ3v) is 4.76. The van der Waals surface area contributed by atoms with Gasteiger partial charge >= 0.3 is 5.97 Å². The number of ether oxygens (including phenoxy) is 1. The van der Waals surface area contributed by atoms with Gasteiger partial charge in [0, 0.05) is 24.9 Å². The molecule has 1 aromatic rings. The zero-order valence-corrected chi connectivity index (χ0v) is 12.9. The Bertz CT molecular complexity index is 459. The number of esters is 1. The molecule has 3 nitrogen and oxygen atoms in total. The van der Waals surface area contributed by atoms with E-state index in [-0.39, 0.29) is 11.6 Å². The average Bonchev–Trinajstić information content (AvgIpc) is 2.45. The minimum atomic E-state index is -0.334. The van der Waals surface area contributed by atoms with E-state index in [1.54, 1.807) is 0 Å². The van der Waals surface area contributed by atoms with Crippen LogP contribution in [0.5, 0.6) is 0 Å². The highest BCUT2D eigenvalue weighted by molar-refractivity contribution is 5.89. The molecule has 0 aliphatic carbocycles. The van der Waals surface area contributed by atoms with Gasteiger partial charge in [-0.05, 0) is 32.5 Å². The first-order valence-corrected chi connectivity index (χ1v) is 7.47. The fraction of sp³-hybridized carbons (Fsp3) is 0.588. The quantitative estimate of drug-likeness (QED) is 0.792. The van der Waals surface area contributed by atoms with E-state index in [1.165, 1.54) is 0 Å². The molecule has 20 heavy (non-hydrogen) atoms. The molecule has 3 heteroatoms. The monoisotopic (exact) mass is 275 g/mol. The van der Waals surface area contributed by atoms with Gasteiger partial charge in [-0.2, -0.15) is 0 Å². The zero-order chi connectivity index (χ0) is 14.8. The molecule has 0 N–H and O–H groups in total. The number of piperidine rings is 1. The molecule has 0 spiro atoms. The Balaban J connectivity index is 2.17. The van der Waals surface area contributed by atoms with Gasteiger partial charge in [0.2, 0.25) is 0 Å². The van der Waals surface area contributed by atoms with Crippen molar-refractivity contribution < 1.29 is 9.53 Å². The Morgan fingerprint density at radius 1 is 1.35 bits per heavy atom. The Morgan fingerprint density at radius 3 is 2.60 bits per heavy atom. The summed E-state index contributed by atoms with van der Waals surface area (Å²) in [5.74, 6) is 0.150. The molecule has 0 bridgehead atoms. The van der Waals surface area contributed by atoms with E-state index >= 15 is 0 Å². The standard InChI is InChI=1S/C17H25NO2/c1-5-17(11-14(3)18(4)12-13(17)2)20-16(19)15-9-7-6-8-10-15/h6-10,13-14H,5,11-12H2,1-4H3/t13-,14+,17+/m0/s1. The van der Waals surface area contributed by atoms with Crippen LogP contribution < -0.4 is 0 Å². The smallest absolute Gasteiger partial charge is 0.338 e. The fourth-order valence-electron chi connectivity index (χ4n) is 3.16. The molecule has 0 aromatic heterocycles. The number of rotatable bonds is 3. The Morgan fingerprint density at radius 2 is 2.00 bits per heavy atom. The van der Waals surface area contributed by atoms with E-state index in [1.807, 2.05) is 30.3 Å². The molecule has 1 saturated heterocycles. The summed E-state index contributed by atoms with van der Waals surface area (Å²) in [4.78, 5) is 14.7. The summed E-state index contributed by atoms with van der Waals surface area (Å²) >= 11 is 0. The molecular formula is C17H25NO2. The molecule has 110 valence electrons. The molecule has 2 rings (SSSR count). The van der Waals surface area contributed by atoms with E-state index < -0.39 is 0 Å². The molecule has 1 aliphatic heterocycles. The lowest BCUT2D eigenvalue weighted by Gasteiger charge is -2.47. The van der Waals surface area contributed by atoms with Crippen molar-refractivity contribution in [1.29, 1.82) is 0 Å². The van der Waals surface area contributed by atoms with Crippen molar-refractivity contribution in [3.8, 4) is 0 Å². The minimum Gasteiger partial charge on any atom is -0.455 e. The molecule has 0 saturated carbocycles. The van der Waals surface area contributed by atoms with Crippen LogP contribution in [0.1, 0.15) is 44.0 Å². The lowest BCUT2D eigenvalue weighted by Crippen LogP contribution is -2.55. The predicted molar refractivity (Wildman–Crippen MR) is 80.8 cm³/mol. The van der Waals surface area contributed by atoms with Crippen LogP contribution in [0.2, 0.25) is 0 Å². The number of hydrogen-bond donors (Lipinski definition) is 0. The van der Waals surface area contributed by atoms with Gasteiger partial charge < -0.3 is 9.64 Å². The normalized spacial score (nSPS) is 31.0. The Labute approximate surface area is 121 Å². The highest BCUT2D eigenvalue weighted by Crippen LogP contribution is 2.37. The van der Waals surface area contributed by atoms with Crippen LogP contribution in [0.25, 0.3) is 0 Å². The summed E-state index contributed by atoms with van der Waals surface area (Å²) in [7, 11) is 2.14. The van der Waals surface area contributed by atoms with Crippen molar-refractivity contribution in [2.24, 2.45) is 5.92 Å². The predicted octanol–water partition coefficient (Wildman–Crippen LogP) is 3.35. The highest BCUT2D eigenvalue weighted by atomic mass is 16.6. The topological polar surface area (TPSA) is 29.5 Å². The van der Waals surface area contributed by atoms with Crippen molar-refractivity contribution in [2.75, 3.05) is 13.6 Å². The summed E-state index contributed by atoms with van der Waals surface area (Å²) in [6.45, 7) is 7.47. The van der Waals surface area contributed by atoms with Crippen LogP contribution in [0.15, 0.2) is 30.3 Å². The number of benzene rings is 1. The zero-order valence-electron chi connectivity index (χ0n) is 12.9. The van der Waals surface area contributed by atoms with Gasteiger partial charge in [0.05, 0.1) is 5.56 Å². The first-order valence-electron chi connectivity index (χ1n) is 7.47. The van der Waals surface area contributed by atoms with Crippen LogP contribution in [0, 0.1) is 5.92 Å². The lowest BCUT2D eigenvalue weighted by molar-refractivity contribution is -0.0954. The Kier molecular flexibility index (Phi) is 4.48. The summed E-state index contributed by atoms with van der Waals surface area (Å²) in [6.07, 6.45) is 1.77. The van der Waals surface area contributed by atoms with Crippen molar-refractivity contribution in [3.05, 3.63) is 35.9 Å². The van der Waals surface area contributed by atoms with Gasteiger partial charge in [0.1, 0.15) is 5.60 Å². The second-order valence-corrected chi connectivity index (χ2v) is 6.07. The van der Waals surface area contributed by atoms with Crippen LogP contribution in [-0.4, -0.2) is 36.1 Å². The maximum atomic E-state index is 12.4. The first kappa shape index (κ1) is 15.0. The number of carbonyl (C=O) groups is 1. The van der Waals surface area contributed by atoms with Gasteiger partial charge in [-0.3, -0.25) is 0 Å². The van der Waals surface area contributed by atoms with Gasteiger partial charge in [-0.25, -0.2) is 4.79 Å². The summed E-state index contributed by atoms with van der Waals surface area (Å²) in [5.41, 5.74) is 0.304. The second-order valence-electron chi connectivity index (χ2n) is 6.07. The van der Waals surface area contributed by atoms with Crippen LogP contribution in [-0.2, 0) is 4.74 Å². The molecule has 1 fully saturated rings. The third kappa shape index (κ3) is 2.88. The molecule has 1 aromatic carbocycles. The minimum absolute atomic E-state index is 0.198. The molecule has 0 radical (unpaired) electrons. The molecule has 3 atom stereocenters. The van der Waals surface area contributed by atoms with Crippen molar-refractivity contribution in [2.45, 2.75) is 45.3 Å². The Hall–Kier alpha value is -1.35. The van der Waals surface area contributed by atoms with Gasteiger partial charge in [-0.15, -0.1) is 0 Å². The molecule has 0 amide bonds. The number of hydrogen-bond acceptors (Lipinski definition) is 3. The summed E-state index contributed by atoms with van der Waals surface area (Å²) in [6, 6.07) is 9.72. The first-order chi connectivity index (χ1) is 9.48. The van der Waals surface area contributed by atoms with Crippen molar-refractivity contribution >= 4 is 5.97 Å². The van der Waals surface area contributed by atoms with Crippen LogP contribution >= 0.6 is 0 Å². The van der Waals surface area contributed by atoms with E-state index in [4.69, 9.17) is 4.74 Å². The van der Waals surface area contributed by atoms with Gasteiger partial charge in [0.25, 0.3) is 0 Å². The molecule has 1 aliphatic rings. The lowest BCUT2D eigenvalue weighted by atomic mass is 9.77. The van der Waals surface area contributed by atoms with Crippen LogP contribution in [0.3, 0.4) is 0 Å². The maximum Gasteiger partial charge on any atom is 0.338 e. The van der Waals surface area contributed by atoms with E-state index in [0.717, 1.165) is 19.4 Å². The van der Waals surface area contributed by atoms with Crippen molar-refractivity contribution in [1.82, 2.24) is 4.90 Å². The number of likely N-dealkylation sites (tertiary alicyclic amines) is 1. The second kappa shape index (κ2) is 5.96. The average molecular weight is 275 g/mol. The SMILES string of the molecule is CC[C@@]1(OC(=O)c2ccccc2)C[C@@H](C)N(C)C[C@@H]1C. The van der Waals surface area contributed by atoms with Gasteiger partial charge in [0.15, 0.2) is 0 Å². The largest absolute Gasteiger partial charge is 0.455 e. The van der Waals surface area contributed by atoms with E-state index in [9.17, 15) is 4.79 Å². The summed E-state index contributed by atoms with van der Waals surface area (Å²) in [5, 5.41) is 0. The highest BCUT2D eigenvalue weighted by Gasteiger charge is 2.44. The summed E-state index contributed by atoms with van der Waals surface area (Å²) < 4.78 is 5.98. The van der Waals surface area contributed by atoms with Crippen molar-refractivity contribution in [3.63, 3.8) is 0 Å². The fourth-order valence-corrected chi connectivity index (χ4v) is 3.16.